The number of carbonyl (C=O) groups is 1. The van der Waals surface area contributed by atoms with Crippen molar-refractivity contribution in [3.8, 4) is 5.75 Å². The Bertz CT molecular complexity index is 418. The van der Waals surface area contributed by atoms with E-state index in [0.29, 0.717) is 0 Å². The lowest BCUT2D eigenvalue weighted by atomic mass is 10.0. The van der Waals surface area contributed by atoms with Gasteiger partial charge in [-0.3, -0.25) is 4.79 Å². The summed E-state index contributed by atoms with van der Waals surface area (Å²) in [5.41, 5.74) is 11.9. The number of carbonyl (C=O) groups excluding carboxylic acids is 1. The van der Waals surface area contributed by atoms with Crippen molar-refractivity contribution < 1.29 is 9.53 Å². The zero-order valence-corrected chi connectivity index (χ0v) is 13.7. The van der Waals surface area contributed by atoms with Crippen molar-refractivity contribution in [1.82, 2.24) is 0 Å². The molecule has 0 fully saturated rings. The molecule has 1 rings (SSSR count). The van der Waals surface area contributed by atoms with Crippen molar-refractivity contribution in [2.45, 2.75) is 64.3 Å². The largest absolute Gasteiger partial charge is 0.494 e. The fraction of sp³-hybridized carbons (Fsp3) is 0.611. The third-order valence-electron chi connectivity index (χ3n) is 3.75. The molecular weight excluding hydrogens is 276 g/mol. The van der Waals surface area contributed by atoms with Crippen molar-refractivity contribution in [3.05, 3.63) is 29.8 Å². The lowest BCUT2D eigenvalue weighted by Crippen LogP contribution is -2.20. The molecule has 4 nitrogen and oxygen atoms in total. The van der Waals surface area contributed by atoms with Crippen LogP contribution in [0.2, 0.25) is 0 Å². The van der Waals surface area contributed by atoms with Gasteiger partial charge in [0, 0.05) is 12.5 Å². The Labute approximate surface area is 134 Å². The maximum atomic E-state index is 10.9. The van der Waals surface area contributed by atoms with Gasteiger partial charge in [0.2, 0.25) is 5.91 Å². The third kappa shape index (κ3) is 8.03. The van der Waals surface area contributed by atoms with Gasteiger partial charge in [-0.2, -0.15) is 0 Å². The zero-order chi connectivity index (χ0) is 16.2. The van der Waals surface area contributed by atoms with E-state index in [0.717, 1.165) is 24.3 Å². The first-order valence-electron chi connectivity index (χ1n) is 8.40. The maximum absolute atomic E-state index is 10.9. The van der Waals surface area contributed by atoms with Crippen molar-refractivity contribution in [2.24, 2.45) is 11.5 Å². The van der Waals surface area contributed by atoms with Crippen LogP contribution in [0.4, 0.5) is 0 Å². The summed E-state index contributed by atoms with van der Waals surface area (Å²) in [7, 11) is 0. The molecule has 124 valence electrons. The molecule has 4 N–H and O–H groups in total. The molecule has 0 aromatic heterocycles. The van der Waals surface area contributed by atoms with E-state index >= 15 is 0 Å². The molecule has 4 heteroatoms. The first-order valence-corrected chi connectivity index (χ1v) is 8.40. The molecule has 22 heavy (non-hydrogen) atoms. The van der Waals surface area contributed by atoms with Crippen LogP contribution in [0.3, 0.4) is 0 Å². The molecule has 1 aromatic carbocycles. The summed E-state index contributed by atoms with van der Waals surface area (Å²) in [5.74, 6) is 0.466. The standard InChI is InChI=1S/C18H30N2O2/c1-2-3-4-5-6-7-8-13-22-16-11-9-15(10-12-16)17(19)14-18(20)21/h9-12,17H,2-8,13-14,19H2,1H3,(H2,20,21). The van der Waals surface area contributed by atoms with Crippen LogP contribution in [0.5, 0.6) is 5.75 Å². The minimum absolute atomic E-state index is 0.165. The summed E-state index contributed by atoms with van der Waals surface area (Å²) in [4.78, 5) is 10.9. The second-order valence-corrected chi connectivity index (χ2v) is 5.82. The number of benzene rings is 1. The van der Waals surface area contributed by atoms with Crippen molar-refractivity contribution in [3.63, 3.8) is 0 Å². The van der Waals surface area contributed by atoms with E-state index in [1.165, 1.54) is 38.5 Å². The molecule has 0 radical (unpaired) electrons. The predicted molar refractivity (Wildman–Crippen MR) is 90.7 cm³/mol. The molecule has 1 aromatic rings. The van der Waals surface area contributed by atoms with Crippen LogP contribution in [0.25, 0.3) is 0 Å². The number of hydrogen-bond acceptors (Lipinski definition) is 3. The van der Waals surface area contributed by atoms with Crippen LogP contribution in [-0.2, 0) is 4.79 Å². The highest BCUT2D eigenvalue weighted by atomic mass is 16.5. The quantitative estimate of drug-likeness (QED) is 0.578. The predicted octanol–water partition coefficient (Wildman–Crippen LogP) is 3.69. The van der Waals surface area contributed by atoms with Crippen LogP contribution in [0.15, 0.2) is 24.3 Å². The Morgan fingerprint density at radius 1 is 1.05 bits per heavy atom. The van der Waals surface area contributed by atoms with Gasteiger partial charge < -0.3 is 16.2 Å². The minimum atomic E-state index is -0.383. The molecule has 0 bridgehead atoms. The zero-order valence-electron chi connectivity index (χ0n) is 13.7. The number of amides is 1. The number of primary amides is 1. The normalized spacial score (nSPS) is 12.1. The second kappa shape index (κ2) is 11.1. The Morgan fingerprint density at radius 3 is 2.23 bits per heavy atom. The van der Waals surface area contributed by atoms with Crippen LogP contribution in [-0.4, -0.2) is 12.5 Å². The van der Waals surface area contributed by atoms with Crippen LogP contribution in [0.1, 0.15) is 69.9 Å². The average molecular weight is 306 g/mol. The molecule has 0 aliphatic heterocycles. The van der Waals surface area contributed by atoms with Gasteiger partial charge in [0.25, 0.3) is 0 Å². The molecule has 0 aliphatic rings. The Hall–Kier alpha value is -1.55. The number of hydrogen-bond donors (Lipinski definition) is 2. The molecule has 0 spiro atoms. The van der Waals surface area contributed by atoms with E-state index in [-0.39, 0.29) is 18.4 Å². The SMILES string of the molecule is CCCCCCCCCOc1ccc(C(N)CC(N)=O)cc1. The average Bonchev–Trinajstić information content (AvgIpc) is 2.50. The van der Waals surface area contributed by atoms with Crippen molar-refractivity contribution >= 4 is 5.91 Å². The monoisotopic (exact) mass is 306 g/mol. The molecule has 0 aliphatic carbocycles. The van der Waals surface area contributed by atoms with Crippen LogP contribution < -0.4 is 16.2 Å². The highest BCUT2D eigenvalue weighted by molar-refractivity contribution is 5.74. The van der Waals surface area contributed by atoms with Gasteiger partial charge in [-0.25, -0.2) is 0 Å². The fourth-order valence-electron chi connectivity index (χ4n) is 2.40. The van der Waals surface area contributed by atoms with E-state index in [9.17, 15) is 4.79 Å². The van der Waals surface area contributed by atoms with E-state index in [2.05, 4.69) is 6.92 Å². The number of rotatable bonds is 12. The smallest absolute Gasteiger partial charge is 0.219 e. The second-order valence-electron chi connectivity index (χ2n) is 5.82. The van der Waals surface area contributed by atoms with Crippen molar-refractivity contribution in [1.29, 1.82) is 0 Å². The summed E-state index contributed by atoms with van der Waals surface area (Å²) < 4.78 is 5.72. The highest BCUT2D eigenvalue weighted by Gasteiger charge is 2.09. The van der Waals surface area contributed by atoms with Gasteiger partial charge in [0.15, 0.2) is 0 Å². The summed E-state index contributed by atoms with van der Waals surface area (Å²) >= 11 is 0. The van der Waals surface area contributed by atoms with Gasteiger partial charge in [-0.15, -0.1) is 0 Å². The maximum Gasteiger partial charge on any atom is 0.219 e. The topological polar surface area (TPSA) is 78.3 Å². The van der Waals surface area contributed by atoms with Gasteiger partial charge in [0.05, 0.1) is 6.61 Å². The summed E-state index contributed by atoms with van der Waals surface area (Å²) in [6.07, 6.45) is 9.11. The van der Waals surface area contributed by atoms with Crippen LogP contribution in [0, 0.1) is 0 Å². The fourth-order valence-corrected chi connectivity index (χ4v) is 2.40. The number of unbranched alkanes of at least 4 members (excludes halogenated alkanes) is 6. The molecule has 0 heterocycles. The van der Waals surface area contributed by atoms with E-state index in [1.54, 1.807) is 0 Å². The molecular formula is C18H30N2O2. The molecule has 1 unspecified atom stereocenters. The van der Waals surface area contributed by atoms with Gasteiger partial charge in [0.1, 0.15) is 5.75 Å². The van der Waals surface area contributed by atoms with Gasteiger partial charge in [-0.05, 0) is 24.1 Å². The van der Waals surface area contributed by atoms with Crippen molar-refractivity contribution in [2.75, 3.05) is 6.61 Å². The first kappa shape index (κ1) is 18.5. The van der Waals surface area contributed by atoms with E-state index in [4.69, 9.17) is 16.2 Å². The molecule has 1 atom stereocenters. The summed E-state index contributed by atoms with van der Waals surface area (Å²) in [5, 5.41) is 0. The summed E-state index contributed by atoms with van der Waals surface area (Å²) in [6, 6.07) is 7.26. The minimum Gasteiger partial charge on any atom is -0.494 e. The summed E-state index contributed by atoms with van der Waals surface area (Å²) in [6.45, 7) is 2.99. The van der Waals surface area contributed by atoms with E-state index in [1.807, 2.05) is 24.3 Å². The third-order valence-corrected chi connectivity index (χ3v) is 3.75. The number of nitrogens with two attached hydrogens (primary N) is 2. The Balaban J connectivity index is 2.17. The van der Waals surface area contributed by atoms with Crippen LogP contribution >= 0.6 is 0 Å². The lowest BCUT2D eigenvalue weighted by Gasteiger charge is -2.11. The van der Waals surface area contributed by atoms with Gasteiger partial charge in [-0.1, -0.05) is 57.6 Å². The van der Waals surface area contributed by atoms with E-state index < -0.39 is 0 Å². The Morgan fingerprint density at radius 2 is 1.64 bits per heavy atom. The highest BCUT2D eigenvalue weighted by Crippen LogP contribution is 2.18. The molecule has 0 saturated carbocycles. The first-order chi connectivity index (χ1) is 10.6. The van der Waals surface area contributed by atoms with Gasteiger partial charge >= 0.3 is 0 Å². The number of ether oxygens (including phenoxy) is 1. The molecule has 1 amide bonds. The Kier molecular flexibility index (Phi) is 9.31. The lowest BCUT2D eigenvalue weighted by molar-refractivity contribution is -0.118. The molecule has 0 saturated heterocycles.